The van der Waals surface area contributed by atoms with Gasteiger partial charge >= 0.3 is 0 Å². The molecule has 1 aromatic carbocycles. The van der Waals surface area contributed by atoms with Crippen LogP contribution in [0, 0.1) is 30.9 Å². The van der Waals surface area contributed by atoms with E-state index in [-0.39, 0.29) is 40.1 Å². The van der Waals surface area contributed by atoms with Gasteiger partial charge in [0.25, 0.3) is 0 Å². The fourth-order valence-corrected chi connectivity index (χ4v) is 0.417. The molecular formula is C8H6CmNY-3. The van der Waals surface area contributed by atoms with Gasteiger partial charge in [0.05, 0.1) is 0 Å². The topological polar surface area (TPSA) is 23.8 Å². The van der Waals surface area contributed by atoms with Crippen molar-refractivity contribution in [2.75, 3.05) is 0 Å². The van der Waals surface area contributed by atoms with Crippen molar-refractivity contribution in [1.82, 2.24) is 0 Å². The summed E-state index contributed by atoms with van der Waals surface area (Å²) in [5, 5.41) is 8.24. The van der Waals surface area contributed by atoms with Crippen molar-refractivity contribution < 1.29 is 32.7 Å². The SMILES string of the molecule is N#Cc1[c-]cc[c-]c1.[CH3-].[Cm].[Y]. The van der Waals surface area contributed by atoms with E-state index in [9.17, 15) is 0 Å². The molecule has 1 nitrogen and oxygen atoms in total. The molecule has 0 saturated heterocycles. The standard InChI is InChI=1S/C7H3N.CH3.Cm.Y/c8-6-7-4-2-1-3-5-7;;;/h1-2,5H;1H3;;/q-2;-1;;. The second-order valence-electron chi connectivity index (χ2n) is 1.31. The maximum atomic E-state index is 8.24. The van der Waals surface area contributed by atoms with Gasteiger partial charge < -0.3 is 7.43 Å². The fraction of sp³-hybridized carbons (Fsp3) is 0. The summed E-state index contributed by atoms with van der Waals surface area (Å²) in [4.78, 5) is 0. The minimum atomic E-state index is 0. The molecule has 0 aromatic heterocycles. The Labute approximate surface area is 86.9 Å². The van der Waals surface area contributed by atoms with Crippen LogP contribution in [0.5, 0.6) is 0 Å². The van der Waals surface area contributed by atoms with Crippen LogP contribution in [0.15, 0.2) is 18.2 Å². The third-order valence-electron chi connectivity index (χ3n) is 0.767. The molecule has 0 unspecified atom stereocenters. The van der Waals surface area contributed by atoms with Crippen molar-refractivity contribution >= 4 is 0 Å². The van der Waals surface area contributed by atoms with Gasteiger partial charge in [-0.1, -0.05) is 6.07 Å². The van der Waals surface area contributed by atoms with Crippen molar-refractivity contribution in [2.24, 2.45) is 0 Å². The zero-order chi connectivity index (χ0) is 5.82. The van der Waals surface area contributed by atoms with Gasteiger partial charge in [-0.3, -0.25) is 35.6 Å². The zero-order valence-corrected chi connectivity index (χ0v) is 11.9. The van der Waals surface area contributed by atoms with Crippen molar-refractivity contribution in [3.8, 4) is 6.07 Å². The molecule has 3 heteroatoms. The zero-order valence-electron chi connectivity index (χ0n) is 6.11. The maximum absolute atomic E-state index is 8.24. The van der Waals surface area contributed by atoms with E-state index in [1.54, 1.807) is 18.2 Å². The van der Waals surface area contributed by atoms with Gasteiger partial charge in [-0.15, -0.1) is 0 Å². The third-order valence-corrected chi connectivity index (χ3v) is 0.767. The van der Waals surface area contributed by atoms with E-state index in [2.05, 4.69) is 12.1 Å². The molecule has 1 rings (SSSR count). The van der Waals surface area contributed by atoms with Crippen LogP contribution < -0.4 is 0 Å². The minimum Gasteiger partial charge on any atom is -0.358 e. The Morgan fingerprint density at radius 2 is 2.00 bits per heavy atom. The largest absolute Gasteiger partial charge is 0.358 e. The molecule has 0 atom stereocenters. The molecule has 0 saturated carbocycles. The molecule has 1 radical (unpaired) electrons. The van der Waals surface area contributed by atoms with Crippen LogP contribution in [-0.4, -0.2) is 0 Å². The van der Waals surface area contributed by atoms with Crippen molar-refractivity contribution in [2.45, 2.75) is 0 Å². The normalized spacial score (nSPS) is 5.73. The summed E-state index contributed by atoms with van der Waals surface area (Å²) in [7, 11) is 0. The molecule has 0 aliphatic rings. The molecule has 0 N–H and O–H groups in total. The summed E-state index contributed by atoms with van der Waals surface area (Å²) in [6.45, 7) is 0. The molecule has 0 fully saturated rings. The molecule has 0 amide bonds. The number of nitrogens with zero attached hydrogens (tertiary/aromatic N) is 1. The first kappa shape index (κ1) is 16.4. The van der Waals surface area contributed by atoms with Gasteiger partial charge in [0.15, 0.2) is 0 Å². The van der Waals surface area contributed by atoms with Crippen LogP contribution in [0.1, 0.15) is 5.56 Å². The summed E-state index contributed by atoms with van der Waals surface area (Å²) < 4.78 is 0. The van der Waals surface area contributed by atoms with Gasteiger partial charge in [-0.25, -0.2) is 0 Å². The van der Waals surface area contributed by atoms with E-state index < -0.39 is 0 Å². The summed E-state index contributed by atoms with van der Waals surface area (Å²) in [6, 6.07) is 12.4. The van der Waals surface area contributed by atoms with E-state index in [0.29, 0.717) is 5.56 Å². The second kappa shape index (κ2) is 8.81. The first-order chi connectivity index (χ1) is 3.93. The van der Waals surface area contributed by atoms with Crippen LogP contribution in [0.3, 0.4) is 0 Å². The van der Waals surface area contributed by atoms with Crippen LogP contribution in [0.25, 0.3) is 0 Å². The molecule has 1 aromatic rings. The Bertz CT molecular complexity index is 205. The Morgan fingerprint density at radius 3 is 2.27 bits per heavy atom. The summed E-state index contributed by atoms with van der Waals surface area (Å²) in [5.41, 5.74) is 0.535. The van der Waals surface area contributed by atoms with Crippen LogP contribution in [0.4, 0.5) is 0 Å². The molecule has 0 heterocycles. The van der Waals surface area contributed by atoms with Gasteiger partial charge in [0.2, 0.25) is 0 Å². The average molecular weight is 452 g/mol. The Kier molecular flexibility index (Phi) is 13.2. The molecule has 0 bridgehead atoms. The summed E-state index contributed by atoms with van der Waals surface area (Å²) in [5.74, 6) is 0. The predicted molar refractivity (Wildman–Crippen MR) is 35.2 cm³/mol. The van der Waals surface area contributed by atoms with Crippen LogP contribution in [0.2, 0.25) is 0 Å². The molecule has 11 heavy (non-hydrogen) atoms. The first-order valence-corrected chi connectivity index (χ1v) is 2.21. The number of hydrogen-bond acceptors (Lipinski definition) is 1. The molecule has 0 aliphatic heterocycles. The monoisotopic (exact) mass is 448 g/mol. The maximum Gasteiger partial charge on any atom is 0 e. The smallest absolute Gasteiger partial charge is 0 e. The fourth-order valence-electron chi connectivity index (χ4n) is 0.417. The van der Waals surface area contributed by atoms with Gasteiger partial charge in [0, 0.05) is 32.7 Å². The van der Waals surface area contributed by atoms with Gasteiger partial charge in [0.1, 0.15) is 0 Å². The quantitative estimate of drug-likeness (QED) is 0.550. The van der Waals surface area contributed by atoms with Crippen LogP contribution in [-0.2, 0) is 32.7 Å². The summed E-state index contributed by atoms with van der Waals surface area (Å²) in [6.07, 6.45) is 0. The Hall–Kier alpha value is -1.19. The molecular weight excluding hydrogens is 446 g/mol. The summed E-state index contributed by atoms with van der Waals surface area (Å²) >= 11 is 0. The first-order valence-electron chi connectivity index (χ1n) is 2.21. The van der Waals surface area contributed by atoms with Crippen molar-refractivity contribution in [1.29, 1.82) is 5.26 Å². The van der Waals surface area contributed by atoms with Gasteiger partial charge in [-0.05, 0) is 0 Å². The predicted octanol–water partition coefficient (Wildman–Crippen LogP) is 1.61. The second-order valence-corrected chi connectivity index (χ2v) is 1.31. The van der Waals surface area contributed by atoms with E-state index in [4.69, 9.17) is 5.26 Å². The minimum absolute atomic E-state index is 0. The average Bonchev–Trinajstić information content (AvgIpc) is 1.90. The van der Waals surface area contributed by atoms with Crippen molar-refractivity contribution in [3.63, 3.8) is 0 Å². The number of hydrogen-bond donors (Lipinski definition) is 0. The van der Waals surface area contributed by atoms with E-state index in [1.165, 1.54) is 0 Å². The van der Waals surface area contributed by atoms with E-state index in [1.807, 2.05) is 6.07 Å². The van der Waals surface area contributed by atoms with E-state index in [0.717, 1.165) is 0 Å². The van der Waals surface area contributed by atoms with Gasteiger partial charge in [-0.2, -0.15) is 5.56 Å². The molecule has 57 valence electrons. The van der Waals surface area contributed by atoms with Crippen LogP contribution >= 0.6 is 0 Å². The van der Waals surface area contributed by atoms with E-state index >= 15 is 0 Å². The number of benzene rings is 1. The third kappa shape index (κ3) is 5.27. The molecule has 0 aliphatic carbocycles. The number of rotatable bonds is 0. The number of nitriles is 1. The Balaban J connectivity index is -0.000000213. The Morgan fingerprint density at radius 1 is 1.36 bits per heavy atom. The molecule has 0 spiro atoms. The van der Waals surface area contributed by atoms with Crippen molar-refractivity contribution in [3.05, 3.63) is 43.3 Å².